The van der Waals surface area contributed by atoms with E-state index in [2.05, 4.69) is 62.9 Å². The van der Waals surface area contributed by atoms with Gasteiger partial charge in [-0.2, -0.15) is 0 Å². The lowest BCUT2D eigenvalue weighted by Gasteiger charge is -2.26. The summed E-state index contributed by atoms with van der Waals surface area (Å²) in [5.74, 6) is -7.75. The van der Waals surface area contributed by atoms with Crippen molar-refractivity contribution in [3.05, 3.63) is 206 Å². The minimum Gasteiger partial charge on any atom is -0.504 e. The number of aliphatic carboxylic acids is 1. The summed E-state index contributed by atoms with van der Waals surface area (Å²) in [5.41, 5.74) is 3.20. The summed E-state index contributed by atoms with van der Waals surface area (Å²) in [6, 6.07) is 21.9. The molecule has 43 nitrogen and oxygen atoms in total. The van der Waals surface area contributed by atoms with Crippen LogP contribution in [-0.2, 0) is 83.6 Å². The molecule has 0 unspecified atom stereocenters. The summed E-state index contributed by atoms with van der Waals surface area (Å²) in [5, 5.41) is 83.4. The number of amides is 7. The van der Waals surface area contributed by atoms with Crippen LogP contribution in [0, 0.1) is 0 Å². The fourth-order valence-corrected chi connectivity index (χ4v) is 23.6. The van der Waals surface area contributed by atoms with Gasteiger partial charge in [0.1, 0.15) is 53.4 Å². The molecule has 14 heterocycles. The Labute approximate surface area is 810 Å². The molecule has 0 atom stereocenters. The zero-order valence-electron chi connectivity index (χ0n) is 74.0. The first-order valence-electron chi connectivity index (χ1n) is 38.5. The molecule has 5 aliphatic heterocycles. The smallest absolute Gasteiger partial charge is 0.359 e. The lowest BCUT2D eigenvalue weighted by atomic mass is 10.2. The van der Waals surface area contributed by atoms with Crippen molar-refractivity contribution in [1.82, 2.24) is 57.4 Å². The highest BCUT2D eigenvalue weighted by Gasteiger charge is 2.45. The van der Waals surface area contributed by atoms with Gasteiger partial charge in [0.25, 0.3) is 97.4 Å². The van der Waals surface area contributed by atoms with Crippen LogP contribution in [0.4, 0.5) is 23.3 Å². The van der Waals surface area contributed by atoms with Crippen molar-refractivity contribution in [3.63, 3.8) is 0 Å². The number of nitrogens with two attached hydrogens (primary N) is 1. The third-order valence-electron chi connectivity index (χ3n) is 16.8. The first-order chi connectivity index (χ1) is 62.4. The van der Waals surface area contributed by atoms with Gasteiger partial charge in [-0.25, -0.2) is 66.8 Å². The standard InChI is InChI=1S/3C15H14N4O5S2.C13H11N3O4S2.C10H11NO5S2.C2H4O2.4C2H6.CH5N.4CH4/c1-16-14(21)8-3-5-17-10(7-8)18-15(22)11-12(20)13-9(4-6-25-13)26(23,24)19(11)2;1-16-14(21)8-3-4-10(17-7-8)18-15(22)11-12(20)13-9(5-6-25-13)26(23,24)19(11)2;1-16-14(21)8-4-3-5-10(17-8)18-15(22)11-12(20)13-9(6-7-25-13)26(23,24)19(11)2;1-16-10(13(18)15-9-4-2-3-6-14-9)11(17)12-8(5-7-21-12)22(16,19)20;1-3-16-10(13)7-8(12)9-6(4-5-17-9)18(14,15)11(7)2;1-2(3)4;5*1-2;;;;/h3*3-7,20H,1-2H3,(H,16,21)(H,17,18,22);2-7,17H,1H3,(H,14,15,18);4-5,12H,3H2,1-2H3;1H3,(H,3,4);4*1-2H3;2H2,1H3;4*1H4. The number of carboxylic acids is 1. The number of ether oxygens (including phenoxy) is 1. The maximum absolute atomic E-state index is 12.6. The van der Waals surface area contributed by atoms with E-state index in [0.717, 1.165) is 85.1 Å². The predicted octanol–water partition coefficient (Wildman–Crippen LogP) is 12.1. The van der Waals surface area contributed by atoms with E-state index >= 15 is 0 Å². The van der Waals surface area contributed by atoms with Crippen LogP contribution in [0.2, 0.25) is 0 Å². The number of nitrogens with zero attached hydrogens (tertiary/aromatic N) is 9. The SMILES string of the molecule is C.C.C.C.CC.CC.CC.CC.CC(=O)O.CCOC(=O)C1=C(O)c2sccc2S(=O)(=O)N1C.CN.CN1C(C(=O)Nc2ccccn2)=C(O)c2sccc2S1(=O)=O.CNC(=O)c1ccc(NC(=O)C2=C(O)c3sccc3S(=O)(=O)N2C)nc1.CNC(=O)c1cccc(NC(=O)C2=C(O)c3sccc3S(=O)(=O)N2C)n1.CNC(=O)c1ccnc(NC(=O)C2=C(O)c3sccc3S(=O)(=O)N2C)c1. The minimum absolute atomic E-state index is 0. The molecule has 136 heavy (non-hydrogen) atoms. The Hall–Kier alpha value is -13.3. The number of sulfonamides is 5. The number of carbonyl (C=O) groups is 9. The summed E-state index contributed by atoms with van der Waals surface area (Å²) in [6.07, 6.45) is 4.08. The molecule has 0 aromatic carbocycles. The Kier molecular flexibility index (Phi) is 49.0. The largest absolute Gasteiger partial charge is 0.504 e. The lowest BCUT2D eigenvalue weighted by molar-refractivity contribution is -0.139. The number of carboxylic acid groups (broad SMARTS) is 1. The highest BCUT2D eigenvalue weighted by atomic mass is 32.2. The summed E-state index contributed by atoms with van der Waals surface area (Å²) in [7, 11) is -7.61. The summed E-state index contributed by atoms with van der Waals surface area (Å²) in [4.78, 5) is 122. The van der Waals surface area contributed by atoms with Gasteiger partial charge in [0.05, 0.1) is 36.6 Å². The number of nitrogens with one attached hydrogen (secondary N) is 7. The van der Waals surface area contributed by atoms with Crippen molar-refractivity contribution in [1.29, 1.82) is 0 Å². The van der Waals surface area contributed by atoms with Crippen LogP contribution in [0.1, 0.15) is 155 Å². The van der Waals surface area contributed by atoms with E-state index in [1.807, 2.05) is 55.4 Å². The lowest BCUT2D eigenvalue weighted by Crippen LogP contribution is -2.36. The minimum atomic E-state index is -3.94. The van der Waals surface area contributed by atoms with Crippen molar-refractivity contribution in [2.45, 2.75) is 123 Å². The molecule has 7 amide bonds. The number of hydrogen-bond acceptors (Lipinski definition) is 35. The molecule has 9 aromatic rings. The highest BCUT2D eigenvalue weighted by molar-refractivity contribution is 7.91. The number of aliphatic hydroxyl groups is 5. The third-order valence-corrected chi connectivity index (χ3v) is 31.0. The number of rotatable bonds is 13. The van der Waals surface area contributed by atoms with Gasteiger partial charge in [-0.05, 0) is 120 Å². The molecule has 15 N–H and O–H groups in total. The fourth-order valence-electron chi connectivity index (χ4n) is 10.8. The molecule has 14 rings (SSSR count). The van der Waals surface area contributed by atoms with Crippen molar-refractivity contribution < 1.29 is 121 Å². The predicted molar refractivity (Wildman–Crippen MR) is 528 cm³/mol. The van der Waals surface area contributed by atoms with Gasteiger partial charge in [-0.15, -0.1) is 56.7 Å². The zero-order chi connectivity index (χ0) is 100. The van der Waals surface area contributed by atoms with Gasteiger partial charge in [0, 0.05) is 87.5 Å². The second-order valence-corrected chi connectivity index (χ2v) is 38.5. The van der Waals surface area contributed by atoms with E-state index in [1.165, 1.54) is 171 Å². The second-order valence-electron chi connectivity index (χ2n) is 24.2. The zero-order valence-corrected chi connectivity index (χ0v) is 82.2. The van der Waals surface area contributed by atoms with Crippen molar-refractivity contribution in [3.8, 4) is 0 Å². The average Bonchev–Trinajstić information content (AvgIpc) is 1.52. The Morgan fingerprint density at radius 3 is 0.956 bits per heavy atom. The average molecular weight is 2090 g/mol. The number of hydrogen-bond donors (Lipinski definition) is 14. The number of aliphatic hydroxyl groups excluding tert-OH is 5. The van der Waals surface area contributed by atoms with Crippen LogP contribution in [-0.4, -0.2) is 238 Å². The molecule has 53 heteroatoms. The van der Waals surface area contributed by atoms with Crippen molar-refractivity contribution >= 4 is 212 Å². The van der Waals surface area contributed by atoms with Crippen LogP contribution in [0.3, 0.4) is 0 Å². The topological polar surface area (TPSA) is 633 Å². The molecular weight excluding hydrogens is 1970 g/mol. The molecule has 0 saturated heterocycles. The van der Waals surface area contributed by atoms with Gasteiger partial charge < -0.3 is 78.3 Å². The van der Waals surface area contributed by atoms with Gasteiger partial charge >= 0.3 is 5.97 Å². The Morgan fingerprint density at radius 1 is 0.368 bits per heavy atom. The number of carbonyl (C=O) groups excluding carboxylic acids is 8. The maximum atomic E-state index is 12.6. The quantitative estimate of drug-likeness (QED) is 0.0477. The van der Waals surface area contributed by atoms with Crippen LogP contribution < -0.4 is 43.0 Å². The molecule has 0 bridgehead atoms. The van der Waals surface area contributed by atoms with E-state index in [1.54, 1.807) is 35.9 Å². The molecule has 0 fully saturated rings. The van der Waals surface area contributed by atoms with E-state index in [0.29, 0.717) is 5.56 Å². The highest BCUT2D eigenvalue weighted by Crippen LogP contribution is 2.44. The molecule has 746 valence electrons. The number of pyridine rings is 4. The van der Waals surface area contributed by atoms with E-state index in [4.69, 9.17) is 14.6 Å². The van der Waals surface area contributed by atoms with Crippen molar-refractivity contribution in [2.24, 2.45) is 5.73 Å². The molecule has 0 radical (unpaired) electrons. The molecule has 0 saturated carbocycles. The number of fused-ring (bicyclic) bond motifs is 5. The van der Waals surface area contributed by atoms with E-state index in [-0.39, 0.29) is 154 Å². The molecule has 0 aliphatic carbocycles. The summed E-state index contributed by atoms with van der Waals surface area (Å²) < 4.78 is 132. The van der Waals surface area contributed by atoms with Gasteiger partial charge in [-0.3, -0.25) is 59.9 Å². The van der Waals surface area contributed by atoms with Gasteiger partial charge in [-0.1, -0.05) is 97.2 Å². The molecule has 0 spiro atoms. The van der Waals surface area contributed by atoms with Gasteiger partial charge in [0.2, 0.25) is 0 Å². The number of anilines is 4. The van der Waals surface area contributed by atoms with Crippen LogP contribution in [0.25, 0.3) is 28.8 Å². The van der Waals surface area contributed by atoms with E-state index in [9.17, 15) is 106 Å². The van der Waals surface area contributed by atoms with E-state index < -0.39 is 126 Å². The third kappa shape index (κ3) is 27.3. The van der Waals surface area contributed by atoms with Crippen LogP contribution >= 0.6 is 56.7 Å². The maximum Gasteiger partial charge on any atom is 0.359 e. The van der Waals surface area contributed by atoms with Gasteiger partial charge in [0.15, 0.2) is 57.3 Å². The molecule has 5 aliphatic rings. The summed E-state index contributed by atoms with van der Waals surface area (Å²) >= 11 is 5.16. The second kappa shape index (κ2) is 54.3. The number of thiophene rings is 5. The first-order valence-corrected chi connectivity index (χ1v) is 50.1. The normalized spacial score (nSPS) is 14.2. The Bertz CT molecular complexity index is 6330. The monoisotopic (exact) mass is 2080 g/mol. The van der Waals surface area contributed by atoms with Crippen LogP contribution in [0.15, 0.2) is 189 Å². The van der Waals surface area contributed by atoms with Crippen molar-refractivity contribution in [2.75, 3.05) is 91.3 Å². The fraction of sp³-hybridized carbons (Fsp3) is 0.289. The van der Waals surface area contributed by atoms with Crippen LogP contribution in [0.5, 0.6) is 0 Å². The Balaban J connectivity index is 0.00000161. The summed E-state index contributed by atoms with van der Waals surface area (Å²) in [6.45, 7) is 18.8. The molecular formula is C83H113N17O26S10. The number of aromatic nitrogens is 4. The molecule has 9 aromatic heterocycles. The number of likely N-dealkylation sites (N-methyl/N-ethyl adjacent to an activating group) is 5. The Morgan fingerprint density at radius 2 is 0.654 bits per heavy atom. The first kappa shape index (κ1) is 123. The number of esters is 1.